The van der Waals surface area contributed by atoms with Crippen molar-refractivity contribution in [1.82, 2.24) is 14.3 Å². The maximum atomic E-state index is 12.6. The van der Waals surface area contributed by atoms with E-state index in [1.54, 1.807) is 36.4 Å². The molecule has 3 rings (SSSR count). The standard InChI is InChI=1S/C16H12Cl2F3N3OS/c17-11-3-1-10(2-4-11)14-22-24(9-12-5-6-13(18)26-12)15(25)23(14)8-7-16(19,20)21/h1-6H,7-9H2. The van der Waals surface area contributed by atoms with E-state index in [1.807, 2.05) is 0 Å². The topological polar surface area (TPSA) is 39.8 Å². The number of hydrogen-bond acceptors (Lipinski definition) is 3. The molecule has 138 valence electrons. The summed E-state index contributed by atoms with van der Waals surface area (Å²) in [5.41, 5.74) is -0.0969. The maximum Gasteiger partial charge on any atom is 0.390 e. The lowest BCUT2D eigenvalue weighted by Gasteiger charge is -2.08. The second-order valence-electron chi connectivity index (χ2n) is 5.49. The van der Waals surface area contributed by atoms with Crippen LogP contribution in [0, 0.1) is 0 Å². The minimum Gasteiger partial charge on any atom is -0.275 e. The summed E-state index contributed by atoms with van der Waals surface area (Å²) < 4.78 is 40.7. The molecule has 4 nitrogen and oxygen atoms in total. The molecule has 0 amide bonds. The van der Waals surface area contributed by atoms with Crippen molar-refractivity contribution in [3.05, 3.63) is 61.1 Å². The average Bonchev–Trinajstić information content (AvgIpc) is 3.10. The molecule has 0 aliphatic rings. The van der Waals surface area contributed by atoms with Crippen LogP contribution in [0.2, 0.25) is 9.36 Å². The zero-order chi connectivity index (χ0) is 18.9. The maximum absolute atomic E-state index is 12.6. The molecule has 0 radical (unpaired) electrons. The van der Waals surface area contributed by atoms with E-state index in [0.717, 1.165) is 14.1 Å². The number of alkyl halides is 3. The molecule has 3 aromatic rings. The minimum absolute atomic E-state index is 0.135. The van der Waals surface area contributed by atoms with Crippen LogP contribution in [0.3, 0.4) is 0 Å². The summed E-state index contributed by atoms with van der Waals surface area (Å²) in [6, 6.07) is 9.84. The minimum atomic E-state index is -4.37. The molecule has 0 saturated heterocycles. The van der Waals surface area contributed by atoms with Crippen LogP contribution in [0.5, 0.6) is 0 Å². The van der Waals surface area contributed by atoms with Gasteiger partial charge in [-0.3, -0.25) is 4.57 Å². The van der Waals surface area contributed by atoms with Gasteiger partial charge in [-0.1, -0.05) is 23.2 Å². The Kier molecular flexibility index (Phi) is 5.45. The number of benzene rings is 1. The highest BCUT2D eigenvalue weighted by molar-refractivity contribution is 7.16. The van der Waals surface area contributed by atoms with Crippen LogP contribution in [0.1, 0.15) is 11.3 Å². The van der Waals surface area contributed by atoms with Crippen molar-refractivity contribution in [3.63, 3.8) is 0 Å². The second kappa shape index (κ2) is 7.46. The summed E-state index contributed by atoms with van der Waals surface area (Å²) in [5, 5.41) is 4.71. The highest BCUT2D eigenvalue weighted by atomic mass is 35.5. The van der Waals surface area contributed by atoms with E-state index in [1.165, 1.54) is 11.3 Å². The van der Waals surface area contributed by atoms with Gasteiger partial charge in [0.2, 0.25) is 0 Å². The Bertz CT molecular complexity index is 961. The van der Waals surface area contributed by atoms with Crippen LogP contribution in [0.25, 0.3) is 11.4 Å². The van der Waals surface area contributed by atoms with Crippen molar-refractivity contribution in [2.45, 2.75) is 25.7 Å². The first-order chi connectivity index (χ1) is 12.2. The quantitative estimate of drug-likeness (QED) is 0.576. The largest absolute Gasteiger partial charge is 0.390 e. The van der Waals surface area contributed by atoms with Gasteiger partial charge in [0.25, 0.3) is 0 Å². The lowest BCUT2D eigenvalue weighted by Crippen LogP contribution is -2.27. The molecule has 0 bridgehead atoms. The van der Waals surface area contributed by atoms with E-state index in [9.17, 15) is 18.0 Å². The van der Waals surface area contributed by atoms with Gasteiger partial charge in [-0.2, -0.15) is 13.2 Å². The lowest BCUT2D eigenvalue weighted by atomic mass is 10.2. The molecule has 0 atom stereocenters. The molecule has 0 spiro atoms. The summed E-state index contributed by atoms with van der Waals surface area (Å²) in [6.45, 7) is -0.374. The molecule has 1 aromatic carbocycles. The molecule has 0 N–H and O–H groups in total. The van der Waals surface area contributed by atoms with Crippen LogP contribution in [0.15, 0.2) is 41.2 Å². The summed E-state index contributed by atoms with van der Waals surface area (Å²) >= 11 is 13.0. The number of nitrogens with zero attached hydrogens (tertiary/aromatic N) is 3. The van der Waals surface area contributed by atoms with Crippen molar-refractivity contribution in [3.8, 4) is 11.4 Å². The van der Waals surface area contributed by atoms with Gasteiger partial charge in [-0.15, -0.1) is 16.4 Å². The summed E-state index contributed by atoms with van der Waals surface area (Å²) in [5.74, 6) is 0.165. The normalized spacial score (nSPS) is 11.9. The monoisotopic (exact) mass is 421 g/mol. The van der Waals surface area contributed by atoms with Crippen molar-refractivity contribution >= 4 is 34.5 Å². The van der Waals surface area contributed by atoms with E-state index in [4.69, 9.17) is 23.2 Å². The first-order valence-electron chi connectivity index (χ1n) is 7.47. The van der Waals surface area contributed by atoms with Crippen molar-refractivity contribution in [2.75, 3.05) is 0 Å². The van der Waals surface area contributed by atoms with Crippen LogP contribution in [-0.2, 0) is 13.1 Å². The van der Waals surface area contributed by atoms with Gasteiger partial charge < -0.3 is 0 Å². The Labute approximate surface area is 160 Å². The Morgan fingerprint density at radius 1 is 1.08 bits per heavy atom. The first-order valence-corrected chi connectivity index (χ1v) is 9.05. The molecule has 2 heterocycles. The van der Waals surface area contributed by atoms with E-state index in [2.05, 4.69) is 5.10 Å². The number of halogens is 5. The molecule has 10 heteroatoms. The van der Waals surface area contributed by atoms with E-state index < -0.39 is 24.8 Å². The van der Waals surface area contributed by atoms with Gasteiger partial charge >= 0.3 is 11.9 Å². The number of rotatable bonds is 5. The number of aromatic nitrogens is 3. The fraction of sp³-hybridized carbons (Fsp3) is 0.250. The molecule has 0 aliphatic heterocycles. The fourth-order valence-electron chi connectivity index (χ4n) is 2.38. The SMILES string of the molecule is O=c1n(Cc2ccc(Cl)s2)nc(-c2ccc(Cl)cc2)n1CCC(F)(F)F. The third kappa shape index (κ3) is 4.49. The molecule has 0 fully saturated rings. The highest BCUT2D eigenvalue weighted by Crippen LogP contribution is 2.25. The van der Waals surface area contributed by atoms with Gasteiger partial charge in [0.05, 0.1) is 17.3 Å². The molecule has 0 unspecified atom stereocenters. The van der Waals surface area contributed by atoms with Crippen LogP contribution >= 0.6 is 34.5 Å². The van der Waals surface area contributed by atoms with Gasteiger partial charge in [0.1, 0.15) is 0 Å². The summed E-state index contributed by atoms with van der Waals surface area (Å²) in [4.78, 5) is 13.4. The Hall–Kier alpha value is -1.77. The van der Waals surface area contributed by atoms with Crippen LogP contribution < -0.4 is 5.69 Å². The van der Waals surface area contributed by atoms with Gasteiger partial charge in [-0.05, 0) is 36.4 Å². The zero-order valence-corrected chi connectivity index (χ0v) is 15.5. The molecular formula is C16H12Cl2F3N3OS. The predicted molar refractivity (Wildman–Crippen MR) is 96.0 cm³/mol. The summed E-state index contributed by atoms with van der Waals surface area (Å²) in [6.07, 6.45) is -5.50. The second-order valence-corrected chi connectivity index (χ2v) is 7.73. The van der Waals surface area contributed by atoms with E-state index in [0.29, 0.717) is 14.9 Å². The highest BCUT2D eigenvalue weighted by Gasteiger charge is 2.28. The van der Waals surface area contributed by atoms with Crippen molar-refractivity contribution in [2.24, 2.45) is 0 Å². The average molecular weight is 422 g/mol. The lowest BCUT2D eigenvalue weighted by molar-refractivity contribution is -0.136. The van der Waals surface area contributed by atoms with Gasteiger partial charge in [0.15, 0.2) is 5.82 Å². The van der Waals surface area contributed by atoms with Crippen LogP contribution in [-0.4, -0.2) is 20.5 Å². The smallest absolute Gasteiger partial charge is 0.275 e. The number of hydrogen-bond donors (Lipinski definition) is 0. The summed E-state index contributed by atoms with van der Waals surface area (Å²) in [7, 11) is 0. The third-order valence-corrected chi connectivity index (χ3v) is 5.05. The van der Waals surface area contributed by atoms with Crippen LogP contribution in [0.4, 0.5) is 13.2 Å². The molecule has 0 aliphatic carbocycles. The van der Waals surface area contributed by atoms with Crippen molar-refractivity contribution < 1.29 is 13.2 Å². The molecule has 2 aromatic heterocycles. The zero-order valence-electron chi connectivity index (χ0n) is 13.1. The predicted octanol–water partition coefficient (Wildman–Crippen LogP) is 5.08. The molecule has 0 saturated carbocycles. The number of thiophene rings is 1. The van der Waals surface area contributed by atoms with E-state index in [-0.39, 0.29) is 12.4 Å². The Balaban J connectivity index is 2.01. The van der Waals surface area contributed by atoms with Crippen molar-refractivity contribution in [1.29, 1.82) is 0 Å². The van der Waals surface area contributed by atoms with Gasteiger partial charge in [-0.25, -0.2) is 9.48 Å². The van der Waals surface area contributed by atoms with E-state index >= 15 is 0 Å². The fourth-order valence-corrected chi connectivity index (χ4v) is 3.58. The third-order valence-electron chi connectivity index (χ3n) is 3.58. The van der Waals surface area contributed by atoms with Gasteiger partial charge in [0, 0.05) is 22.0 Å². The Morgan fingerprint density at radius 3 is 2.35 bits per heavy atom. The molecule has 26 heavy (non-hydrogen) atoms. The molecular weight excluding hydrogens is 410 g/mol. The first kappa shape index (κ1) is 19.0. The Morgan fingerprint density at radius 2 is 1.77 bits per heavy atom.